The fraction of sp³-hybridized carbons (Fsp3) is 0.238. The van der Waals surface area contributed by atoms with Crippen molar-refractivity contribution in [3.63, 3.8) is 0 Å². The van der Waals surface area contributed by atoms with Gasteiger partial charge in [0.2, 0.25) is 11.9 Å². The SMILES string of the molecule is CCCOCC(=O)Nc1ccc(Sc2cc3nccn3c(Nc3cc(C)[nH]n3)n2)cc1. The second-order valence-corrected chi connectivity index (χ2v) is 7.96. The minimum absolute atomic E-state index is 0.0594. The summed E-state index contributed by atoms with van der Waals surface area (Å²) in [4.78, 5) is 22.0. The Morgan fingerprint density at radius 3 is 2.84 bits per heavy atom. The molecule has 3 aromatic heterocycles. The number of amides is 1. The van der Waals surface area contributed by atoms with E-state index in [1.807, 2.05) is 60.8 Å². The number of carbonyl (C=O) groups excluding carboxylic acids is 1. The van der Waals surface area contributed by atoms with Crippen molar-refractivity contribution in [2.45, 2.75) is 30.2 Å². The fourth-order valence-corrected chi connectivity index (χ4v) is 3.68. The number of hydrogen-bond acceptors (Lipinski definition) is 7. The maximum Gasteiger partial charge on any atom is 0.250 e. The number of ether oxygens (including phenoxy) is 1. The van der Waals surface area contributed by atoms with Gasteiger partial charge in [0.15, 0.2) is 5.82 Å². The summed E-state index contributed by atoms with van der Waals surface area (Å²) >= 11 is 1.51. The molecule has 9 nitrogen and oxygen atoms in total. The summed E-state index contributed by atoms with van der Waals surface area (Å²) in [6.45, 7) is 4.58. The summed E-state index contributed by atoms with van der Waals surface area (Å²) in [7, 11) is 0. The molecule has 0 bridgehead atoms. The summed E-state index contributed by atoms with van der Waals surface area (Å²) in [6.07, 6.45) is 4.46. The van der Waals surface area contributed by atoms with E-state index >= 15 is 0 Å². The number of aryl methyl sites for hydroxylation is 1. The number of carbonyl (C=O) groups is 1. The Kier molecular flexibility index (Phi) is 6.48. The Bertz CT molecular complexity index is 1170. The van der Waals surface area contributed by atoms with Crippen LogP contribution >= 0.6 is 11.8 Å². The summed E-state index contributed by atoms with van der Waals surface area (Å²) in [5.74, 6) is 1.15. The molecule has 4 aromatic rings. The maximum atomic E-state index is 11.9. The molecule has 1 aromatic carbocycles. The lowest BCUT2D eigenvalue weighted by molar-refractivity contribution is -0.120. The number of anilines is 3. The number of nitrogens with zero attached hydrogens (tertiary/aromatic N) is 4. The first-order chi connectivity index (χ1) is 15.1. The number of imidazole rings is 1. The van der Waals surface area contributed by atoms with Gasteiger partial charge in [-0.25, -0.2) is 9.97 Å². The standard InChI is InChI=1S/C21H23N7O2S/c1-3-10-30-13-19(29)23-15-4-6-16(7-5-15)31-20-12-18-22-8-9-28(18)21(25-20)24-17-11-14(2)26-27-17/h4-9,11-12H,3,10,13H2,1-2H3,(H,23,29)(H2,24,25,26,27). The minimum Gasteiger partial charge on any atom is -0.372 e. The Labute approximate surface area is 183 Å². The molecule has 0 radical (unpaired) electrons. The molecule has 4 rings (SSSR count). The lowest BCUT2D eigenvalue weighted by atomic mass is 10.3. The summed E-state index contributed by atoms with van der Waals surface area (Å²) in [6, 6.07) is 11.4. The average molecular weight is 438 g/mol. The van der Waals surface area contributed by atoms with Crippen molar-refractivity contribution in [3.05, 3.63) is 54.5 Å². The van der Waals surface area contributed by atoms with Crippen LogP contribution in [0.25, 0.3) is 5.65 Å². The van der Waals surface area contributed by atoms with E-state index in [-0.39, 0.29) is 12.5 Å². The predicted octanol–water partition coefficient (Wildman–Crippen LogP) is 4.02. The van der Waals surface area contributed by atoms with Crippen LogP contribution in [0.2, 0.25) is 0 Å². The molecule has 0 aliphatic heterocycles. The third kappa shape index (κ3) is 5.41. The van der Waals surface area contributed by atoms with Crippen LogP contribution in [0.3, 0.4) is 0 Å². The molecule has 0 saturated carbocycles. The van der Waals surface area contributed by atoms with Crippen molar-refractivity contribution < 1.29 is 9.53 Å². The van der Waals surface area contributed by atoms with Crippen LogP contribution < -0.4 is 10.6 Å². The number of aromatic amines is 1. The topological polar surface area (TPSA) is 109 Å². The molecule has 0 atom stereocenters. The number of rotatable bonds is 9. The highest BCUT2D eigenvalue weighted by atomic mass is 32.2. The monoisotopic (exact) mass is 437 g/mol. The van der Waals surface area contributed by atoms with E-state index in [2.05, 4.69) is 25.8 Å². The van der Waals surface area contributed by atoms with Crippen LogP contribution in [-0.4, -0.2) is 43.7 Å². The third-order valence-electron chi connectivity index (χ3n) is 4.25. The number of H-pyrrole nitrogens is 1. The zero-order valence-corrected chi connectivity index (χ0v) is 18.1. The van der Waals surface area contributed by atoms with Gasteiger partial charge in [-0.2, -0.15) is 5.10 Å². The van der Waals surface area contributed by atoms with E-state index < -0.39 is 0 Å². The van der Waals surface area contributed by atoms with Gasteiger partial charge in [-0.3, -0.25) is 14.3 Å². The van der Waals surface area contributed by atoms with Gasteiger partial charge in [-0.05, 0) is 37.6 Å². The number of hydrogen-bond donors (Lipinski definition) is 3. The highest BCUT2D eigenvalue weighted by molar-refractivity contribution is 7.99. The number of benzene rings is 1. The van der Waals surface area contributed by atoms with E-state index in [9.17, 15) is 4.79 Å². The van der Waals surface area contributed by atoms with Gasteiger partial charge in [-0.15, -0.1) is 0 Å². The molecule has 0 saturated heterocycles. The molecule has 0 aliphatic rings. The number of aromatic nitrogens is 5. The van der Waals surface area contributed by atoms with Crippen LogP contribution in [0.4, 0.5) is 17.5 Å². The van der Waals surface area contributed by atoms with E-state index in [0.717, 1.165) is 33.4 Å². The van der Waals surface area contributed by atoms with Crippen molar-refractivity contribution in [2.75, 3.05) is 23.8 Å². The van der Waals surface area contributed by atoms with Crippen molar-refractivity contribution in [1.29, 1.82) is 0 Å². The fourth-order valence-electron chi connectivity index (χ4n) is 2.87. The van der Waals surface area contributed by atoms with Crippen LogP contribution in [0.1, 0.15) is 19.0 Å². The molecule has 1 amide bonds. The molecule has 31 heavy (non-hydrogen) atoms. The van der Waals surface area contributed by atoms with E-state index in [1.165, 1.54) is 11.8 Å². The zero-order valence-electron chi connectivity index (χ0n) is 17.3. The van der Waals surface area contributed by atoms with Crippen molar-refractivity contribution >= 4 is 40.8 Å². The van der Waals surface area contributed by atoms with Crippen LogP contribution in [0, 0.1) is 6.92 Å². The Balaban J connectivity index is 1.46. The molecule has 0 unspecified atom stereocenters. The Morgan fingerprint density at radius 2 is 2.10 bits per heavy atom. The summed E-state index contributed by atoms with van der Waals surface area (Å²) < 4.78 is 7.13. The molecule has 0 fully saturated rings. The van der Waals surface area contributed by atoms with Gasteiger partial charge >= 0.3 is 0 Å². The third-order valence-corrected chi connectivity index (χ3v) is 5.18. The van der Waals surface area contributed by atoms with Crippen molar-refractivity contribution in [2.24, 2.45) is 0 Å². The van der Waals surface area contributed by atoms with E-state index in [1.54, 1.807) is 6.20 Å². The van der Waals surface area contributed by atoms with Crippen LogP contribution in [0.5, 0.6) is 0 Å². The maximum absolute atomic E-state index is 11.9. The average Bonchev–Trinajstić information content (AvgIpc) is 3.38. The minimum atomic E-state index is -0.162. The van der Waals surface area contributed by atoms with E-state index in [4.69, 9.17) is 9.72 Å². The Hall–Kier alpha value is -3.37. The van der Waals surface area contributed by atoms with Crippen molar-refractivity contribution in [1.82, 2.24) is 24.6 Å². The highest BCUT2D eigenvalue weighted by Gasteiger charge is 2.10. The molecule has 0 spiro atoms. The highest BCUT2D eigenvalue weighted by Crippen LogP contribution is 2.29. The van der Waals surface area contributed by atoms with Gasteiger partial charge < -0.3 is 15.4 Å². The lowest BCUT2D eigenvalue weighted by Gasteiger charge is -2.09. The molecule has 160 valence electrons. The summed E-state index contributed by atoms with van der Waals surface area (Å²) in [5, 5.41) is 14.0. The first kappa shape index (κ1) is 20.9. The Morgan fingerprint density at radius 1 is 1.26 bits per heavy atom. The predicted molar refractivity (Wildman–Crippen MR) is 120 cm³/mol. The lowest BCUT2D eigenvalue weighted by Crippen LogP contribution is -2.18. The quantitative estimate of drug-likeness (QED) is 0.268. The molecular formula is C21H23N7O2S. The second kappa shape index (κ2) is 9.63. The largest absolute Gasteiger partial charge is 0.372 e. The van der Waals surface area contributed by atoms with Gasteiger partial charge in [0.1, 0.15) is 17.3 Å². The zero-order chi connectivity index (χ0) is 21.6. The van der Waals surface area contributed by atoms with Crippen molar-refractivity contribution in [3.8, 4) is 0 Å². The summed E-state index contributed by atoms with van der Waals surface area (Å²) in [5.41, 5.74) is 2.46. The normalized spacial score (nSPS) is 11.0. The molecule has 10 heteroatoms. The van der Waals surface area contributed by atoms with Gasteiger partial charge in [-0.1, -0.05) is 18.7 Å². The molecule has 3 N–H and O–H groups in total. The first-order valence-corrected chi connectivity index (χ1v) is 10.7. The molecular weight excluding hydrogens is 414 g/mol. The number of nitrogens with one attached hydrogen (secondary N) is 3. The van der Waals surface area contributed by atoms with Crippen LogP contribution in [0.15, 0.2) is 58.7 Å². The second-order valence-electron chi connectivity index (χ2n) is 6.86. The van der Waals surface area contributed by atoms with Gasteiger partial charge in [0.25, 0.3) is 0 Å². The van der Waals surface area contributed by atoms with Gasteiger partial charge in [0.05, 0.1) is 0 Å². The molecule has 0 aliphatic carbocycles. The van der Waals surface area contributed by atoms with Crippen LogP contribution in [-0.2, 0) is 9.53 Å². The molecule has 3 heterocycles. The first-order valence-electron chi connectivity index (χ1n) is 9.89. The number of fused-ring (bicyclic) bond motifs is 1. The smallest absolute Gasteiger partial charge is 0.250 e. The van der Waals surface area contributed by atoms with E-state index in [0.29, 0.717) is 18.4 Å². The van der Waals surface area contributed by atoms with Gasteiger partial charge in [0, 0.05) is 47.4 Å².